The zero-order chi connectivity index (χ0) is 19.4. The highest BCUT2D eigenvalue weighted by molar-refractivity contribution is 7.98. The molecule has 2 aromatic carbocycles. The molecule has 0 atom stereocenters. The van der Waals surface area contributed by atoms with Gasteiger partial charge in [0, 0.05) is 29.2 Å². The van der Waals surface area contributed by atoms with Crippen LogP contribution >= 0.6 is 11.8 Å². The predicted octanol–water partition coefficient (Wildman–Crippen LogP) is 2.99. The zero-order valence-corrected chi connectivity index (χ0v) is 16.9. The van der Waals surface area contributed by atoms with E-state index in [1.807, 2.05) is 12.3 Å². The molecule has 0 spiro atoms. The van der Waals surface area contributed by atoms with E-state index in [0.717, 1.165) is 10.5 Å². The van der Waals surface area contributed by atoms with Crippen LogP contribution in [0.15, 0.2) is 52.3 Å². The third-order valence-electron chi connectivity index (χ3n) is 4.37. The Morgan fingerprint density at radius 1 is 1.15 bits per heavy atom. The minimum atomic E-state index is -3.80. The van der Waals surface area contributed by atoms with Gasteiger partial charge in [0.25, 0.3) is 15.9 Å². The van der Waals surface area contributed by atoms with E-state index in [9.17, 15) is 13.2 Å². The lowest BCUT2D eigenvalue weighted by Crippen LogP contribution is -2.41. The van der Waals surface area contributed by atoms with Gasteiger partial charge in [0.05, 0.1) is 18.1 Å². The summed E-state index contributed by atoms with van der Waals surface area (Å²) in [4.78, 5) is 15.5. The van der Waals surface area contributed by atoms with Gasteiger partial charge in [0.1, 0.15) is 0 Å². The van der Waals surface area contributed by atoms with Gasteiger partial charge >= 0.3 is 0 Å². The Hall–Kier alpha value is -2.03. The lowest BCUT2D eigenvalue weighted by atomic mass is 10.1. The lowest BCUT2D eigenvalue weighted by molar-refractivity contribution is 0.0302. The maximum atomic E-state index is 12.8. The van der Waals surface area contributed by atoms with Crippen molar-refractivity contribution in [1.82, 2.24) is 4.90 Å². The topological polar surface area (TPSA) is 75.7 Å². The molecule has 1 aliphatic rings. The summed E-state index contributed by atoms with van der Waals surface area (Å²) in [6.07, 6.45) is 1.93. The quantitative estimate of drug-likeness (QED) is 0.773. The Morgan fingerprint density at radius 3 is 2.59 bits per heavy atom. The number of nitrogens with one attached hydrogen (secondary N) is 1. The van der Waals surface area contributed by atoms with Crippen molar-refractivity contribution < 1.29 is 17.9 Å². The van der Waals surface area contributed by atoms with Gasteiger partial charge in [-0.15, -0.1) is 11.8 Å². The summed E-state index contributed by atoms with van der Waals surface area (Å²) in [5.74, 6) is -0.169. The molecular weight excluding hydrogens is 384 g/mol. The number of morpholine rings is 1. The predicted molar refractivity (Wildman–Crippen MR) is 107 cm³/mol. The van der Waals surface area contributed by atoms with Gasteiger partial charge in [-0.3, -0.25) is 9.52 Å². The second-order valence-corrected chi connectivity index (χ2v) is 8.78. The molecule has 1 amide bonds. The Labute approximate surface area is 164 Å². The summed E-state index contributed by atoms with van der Waals surface area (Å²) in [5, 5.41) is 0. The number of sulfonamides is 1. The molecule has 6 nitrogen and oxygen atoms in total. The third-order valence-corrected chi connectivity index (χ3v) is 6.47. The summed E-state index contributed by atoms with van der Waals surface area (Å²) in [6.45, 7) is 3.82. The second kappa shape index (κ2) is 8.33. The highest BCUT2D eigenvalue weighted by Crippen LogP contribution is 2.23. The number of carbonyl (C=O) groups excluding carboxylic acids is 1. The maximum Gasteiger partial charge on any atom is 0.261 e. The first-order valence-electron chi connectivity index (χ1n) is 8.55. The number of benzene rings is 2. The van der Waals surface area contributed by atoms with E-state index in [1.165, 1.54) is 23.9 Å². The van der Waals surface area contributed by atoms with Gasteiger partial charge in [-0.25, -0.2) is 8.42 Å². The van der Waals surface area contributed by atoms with E-state index in [4.69, 9.17) is 4.74 Å². The molecule has 8 heteroatoms. The van der Waals surface area contributed by atoms with Crippen LogP contribution in [-0.4, -0.2) is 51.8 Å². The fourth-order valence-electron chi connectivity index (χ4n) is 2.84. The smallest absolute Gasteiger partial charge is 0.261 e. The van der Waals surface area contributed by atoms with Crippen molar-refractivity contribution in [1.29, 1.82) is 0 Å². The van der Waals surface area contributed by atoms with Gasteiger partial charge in [-0.05, 0) is 49.1 Å². The minimum Gasteiger partial charge on any atom is -0.378 e. The van der Waals surface area contributed by atoms with Crippen LogP contribution in [0.25, 0.3) is 0 Å². The number of aryl methyl sites for hydroxylation is 1. The van der Waals surface area contributed by atoms with E-state index in [1.54, 1.807) is 36.1 Å². The number of thioether (sulfide) groups is 1. The van der Waals surface area contributed by atoms with Crippen LogP contribution in [0.4, 0.5) is 5.69 Å². The number of amides is 1. The minimum absolute atomic E-state index is 0.0688. The van der Waals surface area contributed by atoms with Crippen LogP contribution < -0.4 is 4.72 Å². The molecule has 144 valence electrons. The summed E-state index contributed by atoms with van der Waals surface area (Å²) in [6, 6.07) is 11.8. The average Bonchev–Trinajstić information content (AvgIpc) is 2.68. The van der Waals surface area contributed by atoms with Crippen molar-refractivity contribution in [3.05, 3.63) is 53.6 Å². The molecular formula is C19H22N2O4S2. The molecule has 0 radical (unpaired) electrons. The highest BCUT2D eigenvalue weighted by atomic mass is 32.2. The summed E-state index contributed by atoms with van der Waals surface area (Å²) >= 11 is 1.53. The average molecular weight is 407 g/mol. The Balaban J connectivity index is 1.88. The molecule has 0 saturated carbocycles. The third kappa shape index (κ3) is 4.63. The van der Waals surface area contributed by atoms with Gasteiger partial charge in [-0.1, -0.05) is 12.1 Å². The van der Waals surface area contributed by atoms with Crippen LogP contribution in [0.1, 0.15) is 15.9 Å². The Bertz CT molecular complexity index is 938. The Kier molecular flexibility index (Phi) is 6.08. The zero-order valence-electron chi connectivity index (χ0n) is 15.3. The van der Waals surface area contributed by atoms with Crippen molar-refractivity contribution in [3.63, 3.8) is 0 Å². The van der Waals surface area contributed by atoms with Crippen LogP contribution in [0.5, 0.6) is 0 Å². The number of anilines is 1. The summed E-state index contributed by atoms with van der Waals surface area (Å²) in [5.41, 5.74) is 1.64. The normalized spacial score (nSPS) is 14.8. The van der Waals surface area contributed by atoms with Crippen LogP contribution in [0.3, 0.4) is 0 Å². The van der Waals surface area contributed by atoms with Crippen LogP contribution in [0.2, 0.25) is 0 Å². The molecule has 1 aliphatic heterocycles. The first-order chi connectivity index (χ1) is 12.9. The Morgan fingerprint density at radius 2 is 1.89 bits per heavy atom. The van der Waals surface area contributed by atoms with Crippen molar-refractivity contribution in [3.8, 4) is 0 Å². The molecule has 1 N–H and O–H groups in total. The van der Waals surface area contributed by atoms with Crippen LogP contribution in [-0.2, 0) is 14.8 Å². The van der Waals surface area contributed by atoms with Gasteiger partial charge in [0.2, 0.25) is 0 Å². The lowest BCUT2D eigenvalue weighted by Gasteiger charge is -2.27. The molecule has 2 aromatic rings. The van der Waals surface area contributed by atoms with E-state index in [2.05, 4.69) is 4.72 Å². The first-order valence-corrected chi connectivity index (χ1v) is 11.3. The van der Waals surface area contributed by atoms with Gasteiger partial charge in [-0.2, -0.15) is 0 Å². The van der Waals surface area contributed by atoms with Crippen LogP contribution in [0, 0.1) is 6.92 Å². The molecule has 3 rings (SSSR count). The molecule has 0 unspecified atom stereocenters. The fourth-order valence-corrected chi connectivity index (χ4v) is 4.37. The van der Waals surface area contributed by atoms with Gasteiger partial charge in [0.15, 0.2) is 0 Å². The summed E-state index contributed by atoms with van der Waals surface area (Å²) in [7, 11) is -3.80. The number of carbonyl (C=O) groups is 1. The number of hydrogen-bond acceptors (Lipinski definition) is 5. The number of hydrogen-bond donors (Lipinski definition) is 1. The molecule has 0 aliphatic carbocycles. The molecule has 1 heterocycles. The van der Waals surface area contributed by atoms with Crippen molar-refractivity contribution in [2.75, 3.05) is 37.3 Å². The molecule has 1 fully saturated rings. The molecule has 27 heavy (non-hydrogen) atoms. The van der Waals surface area contributed by atoms with Gasteiger partial charge < -0.3 is 9.64 Å². The van der Waals surface area contributed by atoms with Crippen molar-refractivity contribution >= 4 is 33.4 Å². The summed E-state index contributed by atoms with van der Waals surface area (Å²) < 4.78 is 33.5. The number of rotatable bonds is 5. The maximum absolute atomic E-state index is 12.8. The highest BCUT2D eigenvalue weighted by Gasteiger charge is 2.23. The van der Waals surface area contributed by atoms with E-state index in [-0.39, 0.29) is 10.8 Å². The van der Waals surface area contributed by atoms with E-state index in [0.29, 0.717) is 37.6 Å². The molecule has 1 saturated heterocycles. The number of nitrogens with zero attached hydrogens (tertiary/aromatic N) is 1. The number of ether oxygens (including phenoxy) is 1. The second-order valence-electron chi connectivity index (χ2n) is 6.22. The van der Waals surface area contributed by atoms with E-state index < -0.39 is 10.0 Å². The van der Waals surface area contributed by atoms with Crippen molar-refractivity contribution in [2.45, 2.75) is 16.7 Å². The largest absolute Gasteiger partial charge is 0.378 e. The van der Waals surface area contributed by atoms with E-state index >= 15 is 0 Å². The molecule has 0 aromatic heterocycles. The monoisotopic (exact) mass is 406 g/mol. The first kappa shape index (κ1) is 19.7. The van der Waals surface area contributed by atoms with Crippen molar-refractivity contribution in [2.24, 2.45) is 0 Å². The SMILES string of the molecule is CSc1cccc(NS(=O)(=O)c2ccc(C)c(C(=O)N3CCOCC3)c2)c1. The fraction of sp³-hybridized carbons (Fsp3) is 0.316. The molecule has 0 bridgehead atoms. The standard InChI is InChI=1S/C19H22N2O4S2/c1-14-6-7-17(13-18(14)19(22)21-8-10-25-11-9-21)27(23,24)20-15-4-3-5-16(12-15)26-2/h3-7,12-13,20H,8-11H2,1-2H3.